The fraction of sp³-hybridized carbons (Fsp3) is 0.577. The molecule has 2 nitrogen and oxygen atoms in total. The predicted octanol–water partition coefficient (Wildman–Crippen LogP) is 15.8. The van der Waals surface area contributed by atoms with Gasteiger partial charge in [-0.05, 0) is 25.7 Å². The van der Waals surface area contributed by atoms with Crippen LogP contribution in [0.1, 0.15) is 205 Å². The number of pyridine rings is 2. The zero-order valence-electron chi connectivity index (χ0n) is 35.6. The molecule has 0 saturated carbocycles. The molecule has 3 aromatic rings. The summed E-state index contributed by atoms with van der Waals surface area (Å²) < 4.78 is 29.6. The average molecular weight is 956 g/mol. The van der Waals surface area contributed by atoms with Crippen LogP contribution in [-0.4, -0.2) is 9.97 Å². The molecular formula is C52H70F2N2Pt. The molecule has 0 aliphatic heterocycles. The van der Waals surface area contributed by atoms with Gasteiger partial charge in [0, 0.05) is 47.8 Å². The van der Waals surface area contributed by atoms with Gasteiger partial charge in [-0.25, -0.2) is 0 Å². The van der Waals surface area contributed by atoms with Gasteiger partial charge in [-0.1, -0.05) is 221 Å². The molecule has 0 bridgehead atoms. The van der Waals surface area contributed by atoms with Crippen LogP contribution in [0.15, 0.2) is 42.7 Å². The maximum absolute atomic E-state index is 14.8. The monoisotopic (exact) mass is 956 g/mol. The minimum Gasteiger partial charge on any atom is -0.694 e. The Morgan fingerprint density at radius 1 is 0.491 bits per heavy atom. The predicted molar refractivity (Wildman–Crippen MR) is 234 cm³/mol. The van der Waals surface area contributed by atoms with Crippen molar-refractivity contribution in [3.63, 3.8) is 0 Å². The van der Waals surface area contributed by atoms with Gasteiger partial charge >= 0.3 is 21.1 Å². The molecule has 0 amide bonds. The number of benzene rings is 1. The zero-order valence-corrected chi connectivity index (χ0v) is 37.9. The summed E-state index contributed by atoms with van der Waals surface area (Å²) >= 11 is 0. The Morgan fingerprint density at radius 2 is 0.825 bits per heavy atom. The first-order valence-corrected chi connectivity index (χ1v) is 22.2. The Bertz CT molecular complexity index is 1500. The van der Waals surface area contributed by atoms with E-state index in [2.05, 4.69) is 66.4 Å². The molecular weight excluding hydrogens is 886 g/mol. The maximum Gasteiger partial charge on any atom is 2.00 e. The van der Waals surface area contributed by atoms with Crippen molar-refractivity contribution in [1.29, 1.82) is 0 Å². The van der Waals surface area contributed by atoms with Gasteiger partial charge in [-0.3, -0.25) is 18.7 Å². The van der Waals surface area contributed by atoms with Gasteiger partial charge in [-0.2, -0.15) is 0 Å². The number of rotatable bonds is 26. The largest absolute Gasteiger partial charge is 2.00 e. The third-order valence-corrected chi connectivity index (χ3v) is 9.95. The van der Waals surface area contributed by atoms with Crippen LogP contribution < -0.4 is 0 Å². The number of aromatic nitrogens is 2. The van der Waals surface area contributed by atoms with Gasteiger partial charge in [0.15, 0.2) is 0 Å². The molecule has 57 heavy (non-hydrogen) atoms. The molecule has 0 N–H and O–H groups in total. The average Bonchev–Trinajstić information content (AvgIpc) is 3.21. The maximum atomic E-state index is 14.8. The second kappa shape index (κ2) is 35.9. The van der Waals surface area contributed by atoms with E-state index in [9.17, 15) is 8.78 Å². The van der Waals surface area contributed by atoms with Crippen LogP contribution in [0.3, 0.4) is 0 Å². The summed E-state index contributed by atoms with van der Waals surface area (Å²) in [5.74, 6) is 13.7. The van der Waals surface area contributed by atoms with Gasteiger partial charge in [-0.15, -0.1) is 6.07 Å². The molecule has 2 aromatic heterocycles. The van der Waals surface area contributed by atoms with Crippen LogP contribution in [0, 0.1) is 53.7 Å². The number of halogens is 2. The minimum atomic E-state index is -0.712. The molecule has 0 fully saturated rings. The number of hydrogen-bond acceptors (Lipinski definition) is 2. The summed E-state index contributed by atoms with van der Waals surface area (Å²) in [6.45, 7) is 6.73. The SMILES string of the molecule is CCCCCCCCCCC#Cc1ccc(-c2[c-]c(-c3ccc(C#CCCCCCCCCCC)cn3)c(F)cc2F)nc1.[C-]#CCCCCCCCCCC.[Pt+2]. The first kappa shape index (κ1) is 51.8. The van der Waals surface area contributed by atoms with Gasteiger partial charge < -0.3 is 12.3 Å². The summed E-state index contributed by atoms with van der Waals surface area (Å²) in [6, 6.07) is 10.8. The van der Waals surface area contributed by atoms with Crippen molar-refractivity contribution in [2.75, 3.05) is 0 Å². The van der Waals surface area contributed by atoms with Crippen LogP contribution in [-0.2, 0) is 21.1 Å². The van der Waals surface area contributed by atoms with E-state index in [1.54, 1.807) is 24.5 Å². The molecule has 0 aliphatic rings. The van der Waals surface area contributed by atoms with E-state index < -0.39 is 11.6 Å². The number of nitrogens with zero attached hydrogens (tertiary/aromatic N) is 2. The van der Waals surface area contributed by atoms with Gasteiger partial charge in [0.05, 0.1) is 11.6 Å². The van der Waals surface area contributed by atoms with Crippen molar-refractivity contribution >= 4 is 0 Å². The Morgan fingerprint density at radius 3 is 1.14 bits per heavy atom. The normalized spacial score (nSPS) is 10.2. The second-order valence-corrected chi connectivity index (χ2v) is 15.0. The molecule has 5 heteroatoms. The van der Waals surface area contributed by atoms with Crippen LogP contribution in [0.4, 0.5) is 8.78 Å². The van der Waals surface area contributed by atoms with Crippen molar-refractivity contribution in [3.05, 3.63) is 78.0 Å². The Labute approximate surface area is 362 Å². The van der Waals surface area contributed by atoms with Crippen LogP contribution >= 0.6 is 0 Å². The molecule has 0 radical (unpaired) electrons. The minimum absolute atomic E-state index is 0. The third kappa shape index (κ3) is 25.0. The van der Waals surface area contributed by atoms with E-state index in [1.807, 2.05) is 12.1 Å². The van der Waals surface area contributed by atoms with Crippen molar-refractivity contribution in [2.24, 2.45) is 0 Å². The first-order valence-electron chi connectivity index (χ1n) is 22.2. The molecule has 2 heterocycles. The Balaban J connectivity index is 0.00000108. The number of unbranched alkanes of at least 4 members (excludes halogenated alkanes) is 24. The van der Waals surface area contributed by atoms with E-state index in [1.165, 1.54) is 135 Å². The standard InChI is InChI=1S/C40H49F2N2.C12H21.Pt/c1-3-5-7-9-11-13-15-17-19-21-23-33-25-27-39(43-31-33)35-29-36(38(42)30-37(35)41)40-28-26-34(32-44-40)24-22-20-18-16-14-12-10-8-6-4-2;1-3-5-7-9-11-12-10-8-6-4-2;/h25-28,30-32H,3-20H2,1-2H3;3,5-12H2,1H3;/q2*-1;+2. The van der Waals surface area contributed by atoms with Gasteiger partial charge in [0.1, 0.15) is 0 Å². The summed E-state index contributed by atoms with van der Waals surface area (Å²) in [4.78, 5) is 8.79. The smallest absolute Gasteiger partial charge is 0.694 e. The second-order valence-electron chi connectivity index (χ2n) is 15.0. The van der Waals surface area contributed by atoms with Crippen molar-refractivity contribution < 1.29 is 29.8 Å². The van der Waals surface area contributed by atoms with E-state index in [0.717, 1.165) is 55.7 Å². The van der Waals surface area contributed by atoms with E-state index >= 15 is 0 Å². The first-order chi connectivity index (χ1) is 27.5. The Hall–Kier alpha value is -3.25. The summed E-state index contributed by atoms with van der Waals surface area (Å²) in [5, 5.41) is 0. The van der Waals surface area contributed by atoms with E-state index in [0.29, 0.717) is 11.4 Å². The fourth-order valence-corrected chi connectivity index (χ4v) is 6.48. The molecule has 0 atom stereocenters. The summed E-state index contributed by atoms with van der Waals surface area (Å²) in [7, 11) is 0. The molecule has 312 valence electrons. The molecule has 0 unspecified atom stereocenters. The third-order valence-electron chi connectivity index (χ3n) is 9.95. The van der Waals surface area contributed by atoms with Gasteiger partial charge in [0.25, 0.3) is 0 Å². The topological polar surface area (TPSA) is 25.8 Å². The van der Waals surface area contributed by atoms with Gasteiger partial charge in [0.2, 0.25) is 0 Å². The van der Waals surface area contributed by atoms with Crippen LogP contribution in [0.5, 0.6) is 0 Å². The molecule has 1 aromatic carbocycles. The van der Waals surface area contributed by atoms with Crippen LogP contribution in [0.25, 0.3) is 22.5 Å². The number of hydrogen-bond donors (Lipinski definition) is 0. The van der Waals surface area contributed by atoms with E-state index in [-0.39, 0.29) is 32.2 Å². The summed E-state index contributed by atoms with van der Waals surface area (Å²) in [5.41, 5.74) is 2.52. The molecule has 0 spiro atoms. The Kier molecular flexibility index (Phi) is 32.6. The fourth-order valence-electron chi connectivity index (χ4n) is 6.48. The van der Waals surface area contributed by atoms with Crippen molar-refractivity contribution in [3.8, 4) is 52.1 Å². The molecule has 3 rings (SSSR count). The molecule has 0 saturated heterocycles. The van der Waals surface area contributed by atoms with Crippen molar-refractivity contribution in [1.82, 2.24) is 9.97 Å². The van der Waals surface area contributed by atoms with Crippen molar-refractivity contribution in [2.45, 2.75) is 194 Å². The zero-order chi connectivity index (χ0) is 40.3. The van der Waals surface area contributed by atoms with E-state index in [4.69, 9.17) is 6.42 Å². The summed E-state index contributed by atoms with van der Waals surface area (Å²) in [6.07, 6.45) is 43.7. The molecule has 0 aliphatic carbocycles. The quantitative estimate of drug-likeness (QED) is 0.0455. The van der Waals surface area contributed by atoms with Crippen LogP contribution in [0.2, 0.25) is 0 Å².